The highest BCUT2D eigenvalue weighted by atomic mass is 15.3. The number of anilines is 1. The van der Waals surface area contributed by atoms with Crippen molar-refractivity contribution >= 4 is 28.4 Å². The van der Waals surface area contributed by atoms with E-state index >= 15 is 0 Å². The molecule has 0 N–H and O–H groups in total. The number of terminal acetylenes is 1. The van der Waals surface area contributed by atoms with Crippen LogP contribution >= 0.6 is 0 Å². The first-order valence-electron chi connectivity index (χ1n) is 8.29. The summed E-state index contributed by atoms with van der Waals surface area (Å²) in [5.41, 5.74) is 4.16. The fourth-order valence-electron chi connectivity index (χ4n) is 2.93. The first-order valence-corrected chi connectivity index (χ1v) is 8.29. The van der Waals surface area contributed by atoms with E-state index in [0.717, 1.165) is 34.9 Å². The number of aromatic nitrogens is 2. The highest BCUT2D eigenvalue weighted by molar-refractivity contribution is 5.73. The molecule has 0 atom stereocenters. The van der Waals surface area contributed by atoms with Crippen LogP contribution in [-0.2, 0) is 14.1 Å². The summed E-state index contributed by atoms with van der Waals surface area (Å²) in [7, 11) is 4.00. The van der Waals surface area contributed by atoms with E-state index in [9.17, 15) is 0 Å². The third kappa shape index (κ3) is 3.24. The van der Waals surface area contributed by atoms with Crippen LogP contribution in [0.5, 0.6) is 0 Å². The van der Waals surface area contributed by atoms with Gasteiger partial charge in [0.2, 0.25) is 0 Å². The highest BCUT2D eigenvalue weighted by Crippen LogP contribution is 2.23. The Morgan fingerprint density at radius 2 is 1.84 bits per heavy atom. The Hall–Kier alpha value is -3.13. The van der Waals surface area contributed by atoms with Gasteiger partial charge in [0.05, 0.1) is 20.6 Å². The smallest absolute Gasteiger partial charge is 0.361 e. The maximum absolute atomic E-state index is 5.41. The summed E-state index contributed by atoms with van der Waals surface area (Å²) in [5.74, 6) is 3.48. The monoisotopic (exact) mass is 332 g/mol. The minimum atomic E-state index is 0.600. The zero-order chi connectivity index (χ0) is 17.8. The Morgan fingerprint density at radius 3 is 2.48 bits per heavy atom. The molecule has 0 unspecified atom stereocenters. The maximum Gasteiger partial charge on any atom is 0.422 e. The molecule has 0 aliphatic rings. The Labute approximate surface area is 148 Å². The van der Waals surface area contributed by atoms with Crippen molar-refractivity contribution in [3.05, 3.63) is 48.5 Å². The SMILES string of the molecule is C#CCN(CC)c1ccc(/N=N/c2n(C)c3ccccc3[n+]2C)cc1. The highest BCUT2D eigenvalue weighted by Gasteiger charge is 2.18. The van der Waals surface area contributed by atoms with Gasteiger partial charge in [-0.1, -0.05) is 23.2 Å². The predicted octanol–water partition coefficient (Wildman–Crippen LogP) is 3.88. The zero-order valence-corrected chi connectivity index (χ0v) is 14.8. The van der Waals surface area contributed by atoms with Crippen LogP contribution in [0.3, 0.4) is 0 Å². The largest absolute Gasteiger partial charge is 0.422 e. The van der Waals surface area contributed by atoms with Gasteiger partial charge in [0, 0.05) is 17.3 Å². The standard InChI is InChI=1S/C20H22N5/c1-5-15-25(6-2)17-13-11-16(12-14-17)21-22-20-23(3)18-9-7-8-10-19(18)24(20)4/h1,7-14H,6,15H2,2-4H3/q+1. The minimum absolute atomic E-state index is 0.600. The number of nitrogens with zero attached hydrogens (tertiary/aromatic N) is 5. The molecular formula is C20H22N5+. The lowest BCUT2D eigenvalue weighted by molar-refractivity contribution is -0.632. The molecule has 1 aromatic heterocycles. The Bertz CT molecular complexity index is 906. The molecule has 1 heterocycles. The van der Waals surface area contributed by atoms with Gasteiger partial charge < -0.3 is 4.90 Å². The summed E-state index contributed by atoms with van der Waals surface area (Å²) in [6.07, 6.45) is 5.41. The number of imidazole rings is 1. The van der Waals surface area contributed by atoms with Gasteiger partial charge in [0.15, 0.2) is 0 Å². The Kier molecular flexibility index (Phi) is 4.80. The summed E-state index contributed by atoms with van der Waals surface area (Å²) in [5, 5.41) is 8.84. The molecule has 0 radical (unpaired) electrons. The second-order valence-electron chi connectivity index (χ2n) is 5.84. The van der Waals surface area contributed by atoms with Gasteiger partial charge in [-0.25, -0.2) is 9.13 Å². The number of para-hydroxylation sites is 2. The van der Waals surface area contributed by atoms with Gasteiger partial charge >= 0.3 is 5.95 Å². The molecule has 0 amide bonds. The number of fused-ring (bicyclic) bond motifs is 1. The van der Waals surface area contributed by atoms with Crippen LogP contribution in [-0.4, -0.2) is 17.7 Å². The molecule has 3 rings (SSSR count). The molecule has 0 aliphatic heterocycles. The topological polar surface area (TPSA) is 36.8 Å². The average molecular weight is 332 g/mol. The quantitative estimate of drug-likeness (QED) is 0.397. The molecule has 0 aliphatic carbocycles. The molecule has 5 heteroatoms. The summed E-state index contributed by atoms with van der Waals surface area (Å²) in [6, 6.07) is 16.2. The second-order valence-corrected chi connectivity index (χ2v) is 5.84. The summed E-state index contributed by atoms with van der Waals surface area (Å²) < 4.78 is 4.08. The van der Waals surface area contributed by atoms with Gasteiger partial charge in [-0.3, -0.25) is 0 Å². The summed E-state index contributed by atoms with van der Waals surface area (Å²) in [4.78, 5) is 2.13. The van der Waals surface area contributed by atoms with Gasteiger partial charge in [0.25, 0.3) is 0 Å². The maximum atomic E-state index is 5.41. The Balaban J connectivity index is 1.87. The lowest BCUT2D eigenvalue weighted by atomic mass is 10.2. The first-order chi connectivity index (χ1) is 12.2. The Morgan fingerprint density at radius 1 is 1.12 bits per heavy atom. The van der Waals surface area contributed by atoms with E-state index in [2.05, 4.69) is 40.1 Å². The van der Waals surface area contributed by atoms with Crippen LogP contribution in [0.2, 0.25) is 0 Å². The van der Waals surface area contributed by atoms with Crippen LogP contribution in [0, 0.1) is 12.3 Å². The number of azo groups is 1. The van der Waals surface area contributed by atoms with Crippen molar-refractivity contribution in [2.75, 3.05) is 18.0 Å². The van der Waals surface area contributed by atoms with E-state index in [1.807, 2.05) is 59.6 Å². The third-order valence-corrected chi connectivity index (χ3v) is 4.34. The van der Waals surface area contributed by atoms with E-state index in [4.69, 9.17) is 6.42 Å². The third-order valence-electron chi connectivity index (χ3n) is 4.34. The van der Waals surface area contributed by atoms with Crippen molar-refractivity contribution in [2.45, 2.75) is 6.92 Å². The van der Waals surface area contributed by atoms with Gasteiger partial charge in [-0.15, -0.1) is 6.42 Å². The van der Waals surface area contributed by atoms with Crippen LogP contribution in [0.4, 0.5) is 17.3 Å². The van der Waals surface area contributed by atoms with Crippen LogP contribution in [0.1, 0.15) is 6.92 Å². The second kappa shape index (κ2) is 7.18. The summed E-state index contributed by atoms with van der Waals surface area (Å²) in [6.45, 7) is 3.56. The lowest BCUT2D eigenvalue weighted by Crippen LogP contribution is -2.26. The number of hydrogen-bond acceptors (Lipinski definition) is 3. The van der Waals surface area contributed by atoms with Crippen LogP contribution in [0.15, 0.2) is 58.8 Å². The van der Waals surface area contributed by atoms with Gasteiger partial charge in [0.1, 0.15) is 16.7 Å². The first kappa shape index (κ1) is 16.7. The molecule has 5 nitrogen and oxygen atoms in total. The fourth-order valence-corrected chi connectivity index (χ4v) is 2.93. The number of aryl methyl sites for hydroxylation is 2. The van der Waals surface area contributed by atoms with E-state index in [0.29, 0.717) is 6.54 Å². The van der Waals surface area contributed by atoms with Crippen molar-refractivity contribution < 1.29 is 4.57 Å². The molecule has 126 valence electrons. The average Bonchev–Trinajstić information content (AvgIpc) is 2.89. The normalized spacial score (nSPS) is 11.1. The molecular weight excluding hydrogens is 310 g/mol. The molecule has 0 saturated carbocycles. The fraction of sp³-hybridized carbons (Fsp3) is 0.250. The molecule has 0 bridgehead atoms. The number of benzene rings is 2. The number of hydrogen-bond donors (Lipinski definition) is 0. The van der Waals surface area contributed by atoms with Crippen molar-refractivity contribution in [1.29, 1.82) is 0 Å². The molecule has 0 saturated heterocycles. The van der Waals surface area contributed by atoms with Crippen LogP contribution < -0.4 is 9.47 Å². The minimum Gasteiger partial charge on any atom is -0.361 e. The van der Waals surface area contributed by atoms with Crippen molar-refractivity contribution in [1.82, 2.24) is 4.57 Å². The molecule has 0 fully saturated rings. The van der Waals surface area contributed by atoms with E-state index < -0.39 is 0 Å². The van der Waals surface area contributed by atoms with Crippen molar-refractivity contribution in [3.63, 3.8) is 0 Å². The molecule has 2 aromatic carbocycles. The summed E-state index contributed by atoms with van der Waals surface area (Å²) >= 11 is 0. The van der Waals surface area contributed by atoms with Crippen LogP contribution in [0.25, 0.3) is 11.0 Å². The van der Waals surface area contributed by atoms with E-state index in [1.165, 1.54) is 0 Å². The molecule has 3 aromatic rings. The van der Waals surface area contributed by atoms with Gasteiger partial charge in [-0.2, -0.15) is 0 Å². The predicted molar refractivity (Wildman–Crippen MR) is 101 cm³/mol. The van der Waals surface area contributed by atoms with Gasteiger partial charge in [-0.05, 0) is 43.3 Å². The van der Waals surface area contributed by atoms with E-state index in [-0.39, 0.29) is 0 Å². The number of rotatable bonds is 5. The molecule has 0 spiro atoms. The molecule has 25 heavy (non-hydrogen) atoms. The lowest BCUT2D eigenvalue weighted by Gasteiger charge is -2.19. The van der Waals surface area contributed by atoms with Crippen molar-refractivity contribution in [3.8, 4) is 12.3 Å². The zero-order valence-electron chi connectivity index (χ0n) is 14.8. The van der Waals surface area contributed by atoms with Crippen molar-refractivity contribution in [2.24, 2.45) is 24.3 Å². The van der Waals surface area contributed by atoms with E-state index in [1.54, 1.807) is 0 Å².